The molecule has 0 aliphatic rings. The van der Waals surface area contributed by atoms with Gasteiger partial charge in [-0.1, -0.05) is 30.3 Å². The summed E-state index contributed by atoms with van der Waals surface area (Å²) in [5, 5.41) is 6.56. The Balaban J connectivity index is 1.69. The minimum atomic E-state index is 0.444. The Labute approximate surface area is 182 Å². The third kappa shape index (κ3) is 5.69. The smallest absolute Gasteiger partial charge is 0.203 e. The summed E-state index contributed by atoms with van der Waals surface area (Å²) in [5.41, 5.74) is 3.03. The molecule has 3 N–H and O–H groups in total. The van der Waals surface area contributed by atoms with E-state index in [0.717, 1.165) is 29.2 Å². The normalized spacial score (nSPS) is 11.2. The minimum Gasteiger partial charge on any atom is -0.493 e. The number of aliphatic imine (C=N–C) groups is 1. The van der Waals surface area contributed by atoms with E-state index in [9.17, 15) is 0 Å². The molecule has 0 unspecified atom stereocenters. The van der Waals surface area contributed by atoms with E-state index in [0.29, 0.717) is 36.3 Å². The molecule has 0 saturated carbocycles. The van der Waals surface area contributed by atoms with Gasteiger partial charge in [0.05, 0.1) is 46.3 Å². The number of ether oxygens (including phenoxy) is 3. The van der Waals surface area contributed by atoms with Crippen molar-refractivity contribution in [2.75, 3.05) is 27.9 Å². The quantitative estimate of drug-likeness (QED) is 0.361. The molecule has 164 valence electrons. The number of benzene rings is 2. The highest BCUT2D eigenvalue weighted by Crippen LogP contribution is 2.38. The van der Waals surface area contributed by atoms with Gasteiger partial charge < -0.3 is 29.8 Å². The van der Waals surface area contributed by atoms with Crippen molar-refractivity contribution in [1.82, 2.24) is 20.6 Å². The Morgan fingerprint density at radius 1 is 1.00 bits per heavy atom. The number of imidazole rings is 1. The van der Waals surface area contributed by atoms with Crippen molar-refractivity contribution in [3.63, 3.8) is 0 Å². The highest BCUT2D eigenvalue weighted by molar-refractivity contribution is 5.79. The first-order valence-corrected chi connectivity index (χ1v) is 10.1. The molecular formula is C23H29N5O3. The van der Waals surface area contributed by atoms with Crippen LogP contribution in [-0.2, 0) is 13.1 Å². The Bertz CT molecular complexity index is 976. The fraction of sp³-hybridized carbons (Fsp3) is 0.304. The van der Waals surface area contributed by atoms with Crippen LogP contribution in [0.1, 0.15) is 18.3 Å². The van der Waals surface area contributed by atoms with Crippen molar-refractivity contribution in [3.05, 3.63) is 60.0 Å². The summed E-state index contributed by atoms with van der Waals surface area (Å²) in [6.07, 6.45) is 1.84. The van der Waals surface area contributed by atoms with Crippen LogP contribution in [0.2, 0.25) is 0 Å². The van der Waals surface area contributed by atoms with Gasteiger partial charge in [-0.15, -0.1) is 0 Å². The number of aromatic nitrogens is 2. The molecule has 0 radical (unpaired) electrons. The average molecular weight is 424 g/mol. The number of hydrogen-bond donors (Lipinski definition) is 3. The molecule has 0 saturated heterocycles. The van der Waals surface area contributed by atoms with Crippen molar-refractivity contribution in [3.8, 4) is 28.5 Å². The number of H-pyrrole nitrogens is 1. The predicted octanol–water partition coefficient (Wildman–Crippen LogP) is 3.36. The zero-order chi connectivity index (χ0) is 22.1. The maximum absolute atomic E-state index is 5.42. The van der Waals surface area contributed by atoms with Crippen LogP contribution in [0.4, 0.5) is 0 Å². The largest absolute Gasteiger partial charge is 0.493 e. The molecule has 8 heteroatoms. The van der Waals surface area contributed by atoms with Crippen LogP contribution in [0.5, 0.6) is 17.2 Å². The first-order valence-electron chi connectivity index (χ1n) is 10.1. The lowest BCUT2D eigenvalue weighted by molar-refractivity contribution is 0.324. The van der Waals surface area contributed by atoms with Gasteiger partial charge in [0.15, 0.2) is 17.5 Å². The predicted molar refractivity (Wildman–Crippen MR) is 122 cm³/mol. The Morgan fingerprint density at radius 2 is 1.71 bits per heavy atom. The minimum absolute atomic E-state index is 0.444. The van der Waals surface area contributed by atoms with Gasteiger partial charge in [0.2, 0.25) is 5.75 Å². The van der Waals surface area contributed by atoms with Crippen molar-refractivity contribution >= 4 is 5.96 Å². The van der Waals surface area contributed by atoms with E-state index in [4.69, 9.17) is 14.2 Å². The molecule has 2 aromatic carbocycles. The average Bonchev–Trinajstić information content (AvgIpc) is 3.29. The molecule has 3 aromatic rings. The first-order chi connectivity index (χ1) is 15.2. The molecule has 1 aromatic heterocycles. The number of aromatic amines is 1. The van der Waals surface area contributed by atoms with Crippen molar-refractivity contribution in [2.45, 2.75) is 20.0 Å². The van der Waals surface area contributed by atoms with Crippen LogP contribution in [-0.4, -0.2) is 43.8 Å². The van der Waals surface area contributed by atoms with Crippen LogP contribution in [0, 0.1) is 0 Å². The zero-order valence-corrected chi connectivity index (χ0v) is 18.4. The van der Waals surface area contributed by atoms with Gasteiger partial charge in [0, 0.05) is 6.54 Å². The van der Waals surface area contributed by atoms with E-state index < -0.39 is 0 Å². The molecule has 0 aliphatic carbocycles. The summed E-state index contributed by atoms with van der Waals surface area (Å²) in [6, 6.07) is 13.9. The SMILES string of the molecule is CCNC(=NCc1cc(OC)c(OC)c(OC)c1)NCc1ncc(-c2ccccc2)[nH]1. The fourth-order valence-corrected chi connectivity index (χ4v) is 3.12. The lowest BCUT2D eigenvalue weighted by atomic mass is 10.2. The van der Waals surface area contributed by atoms with Crippen LogP contribution in [0.15, 0.2) is 53.7 Å². The van der Waals surface area contributed by atoms with Crippen LogP contribution < -0.4 is 24.8 Å². The summed E-state index contributed by atoms with van der Waals surface area (Å²) in [4.78, 5) is 12.5. The van der Waals surface area contributed by atoms with E-state index in [1.807, 2.05) is 55.6 Å². The number of nitrogens with zero attached hydrogens (tertiary/aromatic N) is 2. The molecule has 1 heterocycles. The van der Waals surface area contributed by atoms with Crippen LogP contribution in [0.3, 0.4) is 0 Å². The molecule has 0 spiro atoms. The second kappa shape index (κ2) is 10.9. The maximum Gasteiger partial charge on any atom is 0.203 e. The molecule has 3 rings (SSSR count). The van der Waals surface area contributed by atoms with Gasteiger partial charge in [-0.3, -0.25) is 0 Å². The Hall–Kier alpha value is -3.68. The lowest BCUT2D eigenvalue weighted by Crippen LogP contribution is -2.37. The summed E-state index contributed by atoms with van der Waals surface area (Å²) < 4.78 is 16.2. The molecule has 31 heavy (non-hydrogen) atoms. The number of methoxy groups -OCH3 is 3. The molecule has 8 nitrogen and oxygen atoms in total. The number of nitrogens with one attached hydrogen (secondary N) is 3. The van der Waals surface area contributed by atoms with Crippen LogP contribution >= 0.6 is 0 Å². The zero-order valence-electron chi connectivity index (χ0n) is 18.4. The molecule has 0 bridgehead atoms. The second-order valence-corrected chi connectivity index (χ2v) is 6.69. The van der Waals surface area contributed by atoms with E-state index in [2.05, 4.69) is 25.6 Å². The number of hydrogen-bond acceptors (Lipinski definition) is 5. The highest BCUT2D eigenvalue weighted by Gasteiger charge is 2.13. The lowest BCUT2D eigenvalue weighted by Gasteiger charge is -2.14. The summed E-state index contributed by atoms with van der Waals surface area (Å²) in [7, 11) is 4.79. The third-order valence-electron chi connectivity index (χ3n) is 4.62. The van der Waals surface area contributed by atoms with Gasteiger partial charge >= 0.3 is 0 Å². The Kier molecular flexibility index (Phi) is 7.75. The summed E-state index contributed by atoms with van der Waals surface area (Å²) in [6.45, 7) is 3.74. The Morgan fingerprint density at radius 3 is 2.32 bits per heavy atom. The van der Waals surface area contributed by atoms with Gasteiger partial charge in [-0.25, -0.2) is 9.98 Å². The summed E-state index contributed by atoms with van der Waals surface area (Å²) >= 11 is 0. The monoisotopic (exact) mass is 423 g/mol. The molecule has 0 atom stereocenters. The van der Waals surface area contributed by atoms with Crippen molar-refractivity contribution in [1.29, 1.82) is 0 Å². The number of guanidine groups is 1. The first kappa shape index (κ1) is 22.0. The van der Waals surface area contributed by atoms with E-state index in [1.165, 1.54) is 0 Å². The van der Waals surface area contributed by atoms with Gasteiger partial charge in [0.25, 0.3) is 0 Å². The van der Waals surface area contributed by atoms with Crippen molar-refractivity contribution in [2.24, 2.45) is 4.99 Å². The third-order valence-corrected chi connectivity index (χ3v) is 4.62. The van der Waals surface area contributed by atoms with E-state index in [1.54, 1.807) is 21.3 Å². The van der Waals surface area contributed by atoms with Crippen LogP contribution in [0.25, 0.3) is 11.3 Å². The second-order valence-electron chi connectivity index (χ2n) is 6.69. The maximum atomic E-state index is 5.42. The molecule has 0 fully saturated rings. The summed E-state index contributed by atoms with van der Waals surface area (Å²) in [5.74, 6) is 3.30. The fourth-order valence-electron chi connectivity index (χ4n) is 3.12. The van der Waals surface area contributed by atoms with Gasteiger partial charge in [0.1, 0.15) is 5.82 Å². The topological polar surface area (TPSA) is 92.8 Å². The van der Waals surface area contributed by atoms with Gasteiger partial charge in [-0.05, 0) is 30.2 Å². The molecular weight excluding hydrogens is 394 g/mol. The van der Waals surface area contributed by atoms with Crippen molar-refractivity contribution < 1.29 is 14.2 Å². The highest BCUT2D eigenvalue weighted by atomic mass is 16.5. The van der Waals surface area contributed by atoms with E-state index >= 15 is 0 Å². The molecule has 0 aliphatic heterocycles. The standard InChI is InChI=1S/C23H29N5O3/c1-5-24-23(26-13-16-11-19(29-2)22(31-4)20(12-16)30-3)27-15-21-25-14-18(28-21)17-9-7-6-8-10-17/h6-12,14H,5,13,15H2,1-4H3,(H,25,28)(H2,24,26,27). The van der Waals surface area contributed by atoms with Gasteiger partial charge in [-0.2, -0.15) is 0 Å². The number of rotatable bonds is 9. The molecule has 0 amide bonds. The van der Waals surface area contributed by atoms with E-state index in [-0.39, 0.29) is 0 Å².